The van der Waals surface area contributed by atoms with Gasteiger partial charge in [-0.2, -0.15) is 13.2 Å². The SMILES string of the molecule is Nc1cc(OCC(F)(F)F)ccc1-c1ccc(Cl)c(Cl)c1. The van der Waals surface area contributed by atoms with Gasteiger partial charge in [0.05, 0.1) is 10.0 Å². The Hall–Kier alpha value is -1.59. The minimum Gasteiger partial charge on any atom is -0.484 e. The highest BCUT2D eigenvalue weighted by atomic mass is 35.5. The molecule has 2 nitrogen and oxygen atoms in total. The number of anilines is 1. The van der Waals surface area contributed by atoms with Crippen LogP contribution in [0.3, 0.4) is 0 Å². The van der Waals surface area contributed by atoms with Crippen LogP contribution in [0.2, 0.25) is 10.0 Å². The van der Waals surface area contributed by atoms with Gasteiger partial charge in [-0.15, -0.1) is 0 Å². The standard InChI is InChI=1S/C14H10Cl2F3NO/c15-11-4-1-8(5-12(11)16)10-3-2-9(6-13(10)20)21-7-14(17,18)19/h1-6H,7,20H2. The monoisotopic (exact) mass is 335 g/mol. The van der Waals surface area contributed by atoms with E-state index < -0.39 is 12.8 Å². The first-order valence-corrected chi connectivity index (χ1v) is 6.56. The summed E-state index contributed by atoms with van der Waals surface area (Å²) in [6.45, 7) is -1.36. The first kappa shape index (κ1) is 15.8. The van der Waals surface area contributed by atoms with E-state index in [1.807, 2.05) is 0 Å². The minimum absolute atomic E-state index is 0.0497. The number of hydrogen-bond acceptors (Lipinski definition) is 2. The Bertz CT molecular complexity index is 659. The fraction of sp³-hybridized carbons (Fsp3) is 0.143. The molecule has 0 saturated heterocycles. The smallest absolute Gasteiger partial charge is 0.422 e. The Morgan fingerprint density at radius 1 is 1.00 bits per heavy atom. The normalized spacial score (nSPS) is 11.5. The van der Waals surface area contributed by atoms with E-state index in [4.69, 9.17) is 28.9 Å². The second-order valence-electron chi connectivity index (χ2n) is 4.28. The van der Waals surface area contributed by atoms with E-state index in [0.717, 1.165) is 0 Å². The Kier molecular flexibility index (Phi) is 4.54. The molecular formula is C14H10Cl2F3NO. The van der Waals surface area contributed by atoms with Crippen LogP contribution in [0.5, 0.6) is 5.75 Å². The molecule has 0 unspecified atom stereocenters. The van der Waals surface area contributed by atoms with E-state index in [9.17, 15) is 13.2 Å². The van der Waals surface area contributed by atoms with Crippen LogP contribution in [0.4, 0.5) is 18.9 Å². The average Bonchev–Trinajstić information content (AvgIpc) is 2.39. The average molecular weight is 336 g/mol. The number of ether oxygens (including phenoxy) is 1. The number of hydrogen-bond donors (Lipinski definition) is 1. The van der Waals surface area contributed by atoms with Gasteiger partial charge in [0.2, 0.25) is 0 Å². The van der Waals surface area contributed by atoms with Gasteiger partial charge in [0.25, 0.3) is 0 Å². The quantitative estimate of drug-likeness (QED) is 0.784. The molecule has 0 aliphatic heterocycles. The molecule has 0 saturated carbocycles. The van der Waals surface area contributed by atoms with Crippen LogP contribution in [-0.4, -0.2) is 12.8 Å². The third-order valence-corrected chi connectivity index (χ3v) is 3.40. The van der Waals surface area contributed by atoms with Gasteiger partial charge in [-0.1, -0.05) is 29.3 Å². The zero-order valence-electron chi connectivity index (χ0n) is 10.5. The lowest BCUT2D eigenvalue weighted by Gasteiger charge is -2.12. The fourth-order valence-electron chi connectivity index (χ4n) is 1.72. The molecule has 112 valence electrons. The van der Waals surface area contributed by atoms with E-state index in [1.165, 1.54) is 12.1 Å². The molecule has 21 heavy (non-hydrogen) atoms. The molecular weight excluding hydrogens is 326 g/mol. The molecule has 2 N–H and O–H groups in total. The van der Waals surface area contributed by atoms with Crippen LogP contribution < -0.4 is 10.5 Å². The minimum atomic E-state index is -4.39. The summed E-state index contributed by atoms with van der Waals surface area (Å²) in [6, 6.07) is 9.29. The number of halogens is 5. The number of nitrogen functional groups attached to an aromatic ring is 1. The molecule has 0 aromatic heterocycles. The molecule has 0 amide bonds. The van der Waals surface area contributed by atoms with Gasteiger partial charge < -0.3 is 10.5 Å². The third kappa shape index (κ3) is 4.19. The van der Waals surface area contributed by atoms with Crippen molar-refractivity contribution >= 4 is 28.9 Å². The van der Waals surface area contributed by atoms with E-state index >= 15 is 0 Å². The van der Waals surface area contributed by atoms with Gasteiger partial charge in [-0.05, 0) is 29.8 Å². The summed E-state index contributed by atoms with van der Waals surface area (Å²) in [5, 5.41) is 0.773. The van der Waals surface area contributed by atoms with Gasteiger partial charge in [0.1, 0.15) is 5.75 Å². The summed E-state index contributed by atoms with van der Waals surface area (Å²) in [7, 11) is 0. The van der Waals surface area contributed by atoms with Crippen molar-refractivity contribution in [3.05, 3.63) is 46.4 Å². The van der Waals surface area contributed by atoms with Crippen molar-refractivity contribution in [2.75, 3.05) is 12.3 Å². The largest absolute Gasteiger partial charge is 0.484 e. The molecule has 2 rings (SSSR count). The Balaban J connectivity index is 2.24. The Morgan fingerprint density at radius 2 is 1.71 bits per heavy atom. The second-order valence-corrected chi connectivity index (χ2v) is 5.10. The topological polar surface area (TPSA) is 35.2 Å². The predicted molar refractivity (Wildman–Crippen MR) is 77.9 cm³/mol. The maximum absolute atomic E-state index is 12.1. The van der Waals surface area contributed by atoms with Crippen LogP contribution in [-0.2, 0) is 0 Å². The Morgan fingerprint density at radius 3 is 2.29 bits per heavy atom. The van der Waals surface area contributed by atoms with E-state index in [1.54, 1.807) is 24.3 Å². The van der Waals surface area contributed by atoms with Crippen molar-refractivity contribution < 1.29 is 17.9 Å². The highest BCUT2D eigenvalue weighted by Crippen LogP contribution is 2.33. The van der Waals surface area contributed by atoms with Crippen molar-refractivity contribution in [3.63, 3.8) is 0 Å². The molecule has 0 fully saturated rings. The Labute approximate surface area is 129 Å². The van der Waals surface area contributed by atoms with Crippen molar-refractivity contribution in [2.24, 2.45) is 0 Å². The van der Waals surface area contributed by atoms with Crippen molar-refractivity contribution in [2.45, 2.75) is 6.18 Å². The van der Waals surface area contributed by atoms with E-state index in [-0.39, 0.29) is 11.4 Å². The summed E-state index contributed by atoms with van der Waals surface area (Å²) in [4.78, 5) is 0. The summed E-state index contributed by atoms with van der Waals surface area (Å²) in [5.74, 6) is 0.0497. The van der Waals surface area contributed by atoms with Crippen LogP contribution in [0.15, 0.2) is 36.4 Å². The van der Waals surface area contributed by atoms with Crippen molar-refractivity contribution in [1.82, 2.24) is 0 Å². The maximum Gasteiger partial charge on any atom is 0.422 e. The number of benzene rings is 2. The van der Waals surface area contributed by atoms with Crippen LogP contribution in [0.25, 0.3) is 11.1 Å². The summed E-state index contributed by atoms with van der Waals surface area (Å²) < 4.78 is 40.9. The first-order chi connectivity index (χ1) is 9.76. The van der Waals surface area contributed by atoms with E-state index in [0.29, 0.717) is 21.2 Å². The van der Waals surface area contributed by atoms with Gasteiger partial charge in [-0.25, -0.2) is 0 Å². The summed E-state index contributed by atoms with van der Waals surface area (Å²) >= 11 is 11.8. The molecule has 0 radical (unpaired) electrons. The molecule has 2 aromatic carbocycles. The van der Waals surface area contributed by atoms with Gasteiger partial charge >= 0.3 is 6.18 Å². The number of rotatable bonds is 3. The molecule has 7 heteroatoms. The van der Waals surface area contributed by atoms with Crippen molar-refractivity contribution in [3.8, 4) is 16.9 Å². The lowest BCUT2D eigenvalue weighted by Crippen LogP contribution is -2.19. The third-order valence-electron chi connectivity index (χ3n) is 2.66. The van der Waals surface area contributed by atoms with Gasteiger partial charge in [0.15, 0.2) is 6.61 Å². The van der Waals surface area contributed by atoms with Gasteiger partial charge in [0, 0.05) is 17.3 Å². The number of alkyl halides is 3. The molecule has 0 bridgehead atoms. The second kappa shape index (κ2) is 6.03. The molecule has 0 spiro atoms. The molecule has 0 aliphatic rings. The maximum atomic E-state index is 12.1. The lowest BCUT2D eigenvalue weighted by molar-refractivity contribution is -0.153. The van der Waals surface area contributed by atoms with Gasteiger partial charge in [-0.3, -0.25) is 0 Å². The molecule has 2 aromatic rings. The fourth-order valence-corrected chi connectivity index (χ4v) is 2.02. The summed E-state index contributed by atoms with van der Waals surface area (Å²) in [6.07, 6.45) is -4.39. The zero-order valence-corrected chi connectivity index (χ0v) is 12.1. The highest BCUT2D eigenvalue weighted by Gasteiger charge is 2.28. The van der Waals surface area contributed by atoms with Crippen LogP contribution in [0.1, 0.15) is 0 Å². The lowest BCUT2D eigenvalue weighted by atomic mass is 10.0. The van der Waals surface area contributed by atoms with E-state index in [2.05, 4.69) is 4.74 Å². The molecule has 0 aliphatic carbocycles. The zero-order chi connectivity index (χ0) is 15.6. The van der Waals surface area contributed by atoms with Crippen LogP contribution >= 0.6 is 23.2 Å². The highest BCUT2D eigenvalue weighted by molar-refractivity contribution is 6.42. The predicted octanol–water partition coefficient (Wildman–Crippen LogP) is 5.18. The number of nitrogens with two attached hydrogens (primary N) is 1. The van der Waals surface area contributed by atoms with Crippen molar-refractivity contribution in [1.29, 1.82) is 0 Å². The summed E-state index contributed by atoms with van der Waals surface area (Å²) in [5.41, 5.74) is 7.47. The molecule has 0 atom stereocenters. The van der Waals surface area contributed by atoms with Crippen LogP contribution in [0, 0.1) is 0 Å². The molecule has 0 heterocycles. The first-order valence-electron chi connectivity index (χ1n) is 5.81.